The number of carbonyl (C=O) groups excluding carboxylic acids is 2. The highest BCUT2D eigenvalue weighted by Gasteiger charge is 2.28. The monoisotopic (exact) mass is 388 g/mol. The minimum absolute atomic E-state index is 0.0204. The molecule has 0 saturated carbocycles. The van der Waals surface area contributed by atoms with Crippen molar-refractivity contribution in [1.29, 1.82) is 0 Å². The van der Waals surface area contributed by atoms with Crippen molar-refractivity contribution in [3.05, 3.63) is 59.1 Å². The van der Waals surface area contributed by atoms with Crippen molar-refractivity contribution in [2.45, 2.75) is 13.0 Å². The predicted octanol–water partition coefficient (Wildman–Crippen LogP) is 2.94. The second kappa shape index (κ2) is 8.31. The smallest absolute Gasteiger partial charge is 0.342 e. The van der Waals surface area contributed by atoms with E-state index in [-0.39, 0.29) is 17.2 Å². The van der Waals surface area contributed by atoms with E-state index < -0.39 is 12.1 Å². The zero-order valence-corrected chi connectivity index (χ0v) is 15.7. The summed E-state index contributed by atoms with van der Waals surface area (Å²) in [6.07, 6.45) is -0.934. The molecule has 0 aliphatic carbocycles. The number of amides is 1. The van der Waals surface area contributed by atoms with E-state index in [1.807, 2.05) is 30.3 Å². The Morgan fingerprint density at radius 2 is 1.74 bits per heavy atom. The molecule has 1 aliphatic heterocycles. The third-order valence-corrected chi connectivity index (χ3v) is 4.76. The normalized spacial score (nSPS) is 15.3. The van der Waals surface area contributed by atoms with Gasteiger partial charge >= 0.3 is 5.97 Å². The van der Waals surface area contributed by atoms with Gasteiger partial charge in [0.25, 0.3) is 5.91 Å². The van der Waals surface area contributed by atoms with Crippen LogP contribution in [0.4, 0.5) is 5.69 Å². The molecule has 1 amide bonds. The van der Waals surface area contributed by atoms with E-state index in [0.717, 1.165) is 5.69 Å². The highest BCUT2D eigenvalue weighted by Crippen LogP contribution is 2.23. The third kappa shape index (κ3) is 4.52. The largest absolute Gasteiger partial charge is 0.507 e. The van der Waals surface area contributed by atoms with Gasteiger partial charge in [0.05, 0.1) is 0 Å². The fourth-order valence-corrected chi connectivity index (χ4v) is 3.20. The maximum Gasteiger partial charge on any atom is 0.342 e. The standard InChI is InChI=1S/C20H21ClN2O4/c1-14(27-20(26)17-8-7-15(21)13-18(17)24)19(25)23-11-9-22(10-12-23)16-5-3-2-4-6-16/h2-8,13-14,24H,9-12H2,1H3/t14-/m0/s1. The minimum Gasteiger partial charge on any atom is -0.507 e. The van der Waals surface area contributed by atoms with Crippen molar-refractivity contribution in [2.75, 3.05) is 31.1 Å². The predicted molar refractivity (Wildman–Crippen MR) is 103 cm³/mol. The highest BCUT2D eigenvalue weighted by molar-refractivity contribution is 6.30. The van der Waals surface area contributed by atoms with Gasteiger partial charge in [0, 0.05) is 36.9 Å². The Hall–Kier alpha value is -2.73. The minimum atomic E-state index is -0.934. The maximum atomic E-state index is 12.6. The SMILES string of the molecule is C[C@H](OC(=O)c1ccc(Cl)cc1O)C(=O)N1CCN(c2ccccc2)CC1. The molecule has 2 aromatic carbocycles. The summed E-state index contributed by atoms with van der Waals surface area (Å²) in [5.74, 6) is -1.28. The van der Waals surface area contributed by atoms with Crippen LogP contribution in [0.15, 0.2) is 48.5 Å². The summed E-state index contributed by atoms with van der Waals surface area (Å²) in [6, 6.07) is 14.1. The lowest BCUT2D eigenvalue weighted by atomic mass is 10.2. The molecule has 1 aliphatic rings. The van der Waals surface area contributed by atoms with Crippen LogP contribution >= 0.6 is 11.6 Å². The second-order valence-electron chi connectivity index (χ2n) is 6.36. The van der Waals surface area contributed by atoms with Gasteiger partial charge in [0.15, 0.2) is 6.10 Å². The number of nitrogens with zero attached hydrogens (tertiary/aromatic N) is 2. The van der Waals surface area contributed by atoms with E-state index in [1.54, 1.807) is 4.90 Å². The number of hydrogen-bond donors (Lipinski definition) is 1. The van der Waals surface area contributed by atoms with Crippen LogP contribution in [-0.4, -0.2) is 54.2 Å². The van der Waals surface area contributed by atoms with Crippen LogP contribution in [-0.2, 0) is 9.53 Å². The summed E-state index contributed by atoms with van der Waals surface area (Å²) < 4.78 is 5.24. The van der Waals surface area contributed by atoms with E-state index in [2.05, 4.69) is 4.90 Å². The van der Waals surface area contributed by atoms with Crippen molar-refractivity contribution in [2.24, 2.45) is 0 Å². The number of halogens is 1. The number of aromatic hydroxyl groups is 1. The number of carbonyl (C=O) groups is 2. The lowest BCUT2D eigenvalue weighted by Crippen LogP contribution is -2.51. The molecule has 0 spiro atoms. The number of esters is 1. The third-order valence-electron chi connectivity index (χ3n) is 4.52. The number of hydrogen-bond acceptors (Lipinski definition) is 5. The lowest BCUT2D eigenvalue weighted by Gasteiger charge is -2.37. The Balaban J connectivity index is 1.55. The number of piperazine rings is 1. The Morgan fingerprint density at radius 1 is 1.07 bits per heavy atom. The number of para-hydroxylation sites is 1. The summed E-state index contributed by atoms with van der Waals surface area (Å²) in [4.78, 5) is 28.7. The fourth-order valence-electron chi connectivity index (χ4n) is 3.03. The van der Waals surface area contributed by atoms with Crippen LogP contribution < -0.4 is 4.90 Å². The maximum absolute atomic E-state index is 12.6. The number of anilines is 1. The molecule has 142 valence electrons. The molecule has 1 fully saturated rings. The van der Waals surface area contributed by atoms with Gasteiger partial charge in [-0.1, -0.05) is 29.8 Å². The first-order chi connectivity index (χ1) is 13.0. The number of rotatable bonds is 4. The van der Waals surface area contributed by atoms with Gasteiger partial charge in [-0.3, -0.25) is 4.79 Å². The van der Waals surface area contributed by atoms with Gasteiger partial charge in [-0.25, -0.2) is 4.79 Å². The van der Waals surface area contributed by atoms with Gasteiger partial charge in [-0.2, -0.15) is 0 Å². The Labute approximate surface area is 162 Å². The lowest BCUT2D eigenvalue weighted by molar-refractivity contribution is -0.140. The van der Waals surface area contributed by atoms with Crippen LogP contribution in [0.25, 0.3) is 0 Å². The van der Waals surface area contributed by atoms with Gasteiger partial charge in [-0.05, 0) is 37.3 Å². The molecular formula is C20H21ClN2O4. The van der Waals surface area contributed by atoms with Crippen LogP contribution in [0.5, 0.6) is 5.75 Å². The first-order valence-electron chi connectivity index (χ1n) is 8.74. The van der Waals surface area contributed by atoms with Crippen molar-refractivity contribution in [3.63, 3.8) is 0 Å². The van der Waals surface area contributed by atoms with E-state index in [9.17, 15) is 14.7 Å². The first kappa shape index (κ1) is 19.0. The van der Waals surface area contributed by atoms with E-state index in [4.69, 9.17) is 16.3 Å². The van der Waals surface area contributed by atoms with Gasteiger partial charge < -0.3 is 19.6 Å². The summed E-state index contributed by atoms with van der Waals surface area (Å²) >= 11 is 5.76. The molecule has 1 saturated heterocycles. The molecule has 27 heavy (non-hydrogen) atoms. The average molecular weight is 389 g/mol. The molecule has 0 radical (unpaired) electrons. The van der Waals surface area contributed by atoms with Crippen molar-refractivity contribution < 1.29 is 19.4 Å². The molecule has 0 bridgehead atoms. The van der Waals surface area contributed by atoms with Crippen LogP contribution in [0.3, 0.4) is 0 Å². The Bertz CT molecular complexity index is 820. The molecular weight excluding hydrogens is 368 g/mol. The van der Waals surface area contributed by atoms with E-state index in [1.165, 1.54) is 25.1 Å². The van der Waals surface area contributed by atoms with E-state index in [0.29, 0.717) is 31.2 Å². The number of benzene rings is 2. The van der Waals surface area contributed by atoms with Crippen molar-refractivity contribution >= 4 is 29.2 Å². The molecule has 1 heterocycles. The Morgan fingerprint density at radius 3 is 2.37 bits per heavy atom. The fraction of sp³-hybridized carbons (Fsp3) is 0.300. The Kier molecular flexibility index (Phi) is 5.86. The molecule has 0 unspecified atom stereocenters. The summed E-state index contributed by atoms with van der Waals surface area (Å²) in [6.45, 7) is 4.09. The number of ether oxygens (including phenoxy) is 1. The average Bonchev–Trinajstić information content (AvgIpc) is 2.68. The van der Waals surface area contributed by atoms with Crippen molar-refractivity contribution in [3.8, 4) is 5.75 Å². The molecule has 6 nitrogen and oxygen atoms in total. The van der Waals surface area contributed by atoms with E-state index >= 15 is 0 Å². The van der Waals surface area contributed by atoms with Gasteiger partial charge in [0.1, 0.15) is 11.3 Å². The topological polar surface area (TPSA) is 70.1 Å². The van der Waals surface area contributed by atoms with Gasteiger partial charge in [0.2, 0.25) is 0 Å². The zero-order valence-electron chi connectivity index (χ0n) is 15.0. The quantitative estimate of drug-likeness (QED) is 0.815. The molecule has 3 rings (SSSR count). The second-order valence-corrected chi connectivity index (χ2v) is 6.79. The van der Waals surface area contributed by atoms with Crippen molar-refractivity contribution in [1.82, 2.24) is 4.90 Å². The zero-order chi connectivity index (χ0) is 19.4. The van der Waals surface area contributed by atoms with Crippen LogP contribution in [0, 0.1) is 0 Å². The number of phenols is 1. The first-order valence-corrected chi connectivity index (χ1v) is 9.12. The summed E-state index contributed by atoms with van der Waals surface area (Å²) in [7, 11) is 0. The summed E-state index contributed by atoms with van der Waals surface area (Å²) in [5, 5.41) is 10.1. The molecule has 0 aromatic heterocycles. The molecule has 7 heteroatoms. The molecule has 2 aromatic rings. The molecule has 1 atom stereocenters. The van der Waals surface area contributed by atoms with Crippen LogP contribution in [0.2, 0.25) is 5.02 Å². The van der Waals surface area contributed by atoms with Gasteiger partial charge in [-0.15, -0.1) is 0 Å². The number of phenolic OH excluding ortho intramolecular Hbond substituents is 1. The van der Waals surface area contributed by atoms with Crippen LogP contribution in [0.1, 0.15) is 17.3 Å². The molecule has 1 N–H and O–H groups in total. The summed E-state index contributed by atoms with van der Waals surface area (Å²) in [5.41, 5.74) is 1.11. The highest BCUT2D eigenvalue weighted by atomic mass is 35.5.